The molecule has 3 N–H and O–H groups in total. The number of esters is 4. The van der Waals surface area contributed by atoms with E-state index in [2.05, 4.69) is 39.8 Å². The maximum absolute atomic E-state index is 13.0. The second-order valence-corrected chi connectivity index (χ2v) is 28.9. The largest absolute Gasteiger partial charge is 0.472 e. The van der Waals surface area contributed by atoms with Crippen molar-refractivity contribution < 1.29 is 80.2 Å². The predicted molar refractivity (Wildman–Crippen MR) is 372 cm³/mol. The number of allylic oxidation sites excluding steroid dienone is 2. The Balaban J connectivity index is 5.25. The number of carbonyl (C=O) groups excluding carboxylic acids is 4. The van der Waals surface area contributed by atoms with Crippen LogP contribution >= 0.6 is 15.6 Å². The van der Waals surface area contributed by atoms with Gasteiger partial charge in [-0.3, -0.25) is 37.3 Å². The topological polar surface area (TPSA) is 237 Å². The Labute approximate surface area is 561 Å². The minimum absolute atomic E-state index is 0.104. The Morgan fingerprint density at radius 3 is 0.761 bits per heavy atom. The summed E-state index contributed by atoms with van der Waals surface area (Å²) in [6.45, 7) is 4.93. The van der Waals surface area contributed by atoms with Crippen molar-refractivity contribution >= 4 is 39.5 Å². The summed E-state index contributed by atoms with van der Waals surface area (Å²) in [5.74, 6) is -2.13. The van der Waals surface area contributed by atoms with Crippen LogP contribution in [0.5, 0.6) is 0 Å². The van der Waals surface area contributed by atoms with Crippen LogP contribution in [0.3, 0.4) is 0 Å². The van der Waals surface area contributed by atoms with Gasteiger partial charge in [-0.2, -0.15) is 0 Å². The molecule has 5 unspecified atom stereocenters. The third kappa shape index (κ3) is 66.4. The number of phosphoric acid groups is 2. The summed E-state index contributed by atoms with van der Waals surface area (Å²) in [6.07, 6.45) is 57.7. The monoisotopic (exact) mass is 1350 g/mol. The predicted octanol–water partition coefficient (Wildman–Crippen LogP) is 21.2. The first-order chi connectivity index (χ1) is 44.7. The van der Waals surface area contributed by atoms with Crippen molar-refractivity contribution in [3.05, 3.63) is 12.2 Å². The van der Waals surface area contributed by atoms with Gasteiger partial charge in [0.15, 0.2) is 12.2 Å². The molecule has 0 spiro atoms. The molecule has 0 saturated heterocycles. The lowest BCUT2D eigenvalue weighted by molar-refractivity contribution is -0.161. The van der Waals surface area contributed by atoms with Gasteiger partial charge in [0.25, 0.3) is 0 Å². The molecule has 0 amide bonds. The van der Waals surface area contributed by atoms with Crippen LogP contribution in [0.1, 0.15) is 374 Å². The van der Waals surface area contributed by atoms with E-state index < -0.39 is 97.5 Å². The summed E-state index contributed by atoms with van der Waals surface area (Å²) >= 11 is 0. The highest BCUT2D eigenvalue weighted by Gasteiger charge is 2.30. The number of ether oxygens (including phenoxy) is 4. The van der Waals surface area contributed by atoms with Crippen molar-refractivity contribution in [2.75, 3.05) is 39.6 Å². The van der Waals surface area contributed by atoms with E-state index in [4.69, 9.17) is 37.0 Å². The van der Waals surface area contributed by atoms with E-state index in [1.54, 1.807) is 0 Å². The van der Waals surface area contributed by atoms with Crippen LogP contribution in [0.25, 0.3) is 0 Å². The van der Waals surface area contributed by atoms with Crippen LogP contribution < -0.4 is 0 Å². The minimum Gasteiger partial charge on any atom is -0.462 e. The number of rotatable bonds is 73. The highest BCUT2D eigenvalue weighted by molar-refractivity contribution is 7.47. The molecular weight excluding hydrogens is 1210 g/mol. The van der Waals surface area contributed by atoms with Crippen molar-refractivity contribution in [3.8, 4) is 0 Å². The molecule has 17 nitrogen and oxygen atoms in total. The maximum atomic E-state index is 13.0. The van der Waals surface area contributed by atoms with Crippen LogP contribution in [0.2, 0.25) is 0 Å². The summed E-state index contributed by atoms with van der Waals surface area (Å²) in [6, 6.07) is 0. The Kier molecular flexibility index (Phi) is 65.8. The van der Waals surface area contributed by atoms with Crippen molar-refractivity contribution in [3.63, 3.8) is 0 Å². The standard InChI is InChI=1S/C73H140O17P2/c1-5-9-13-17-21-25-29-32-33-36-39-42-46-50-54-58-71(76)84-64-69(90-73(78)60-56-52-48-44-40-35-31-27-23-19-15-11-7-3)66-88-92(81,82)86-62-67(74)61-85-91(79,80)87-65-68(89-72(77)59-55-51-47-43-37-28-24-20-16-12-8-4)63-83-70(75)57-53-49-45-41-38-34-30-26-22-18-14-10-6-2/h26,30,67-69,74H,5-25,27-29,31-66H2,1-4H3,(H,79,80)(H,81,82)/b30-26-. The lowest BCUT2D eigenvalue weighted by Gasteiger charge is -2.21. The van der Waals surface area contributed by atoms with Crippen LogP contribution in [-0.2, 0) is 65.4 Å². The van der Waals surface area contributed by atoms with E-state index in [1.807, 2.05) is 0 Å². The van der Waals surface area contributed by atoms with E-state index in [0.29, 0.717) is 25.7 Å². The molecule has 0 heterocycles. The van der Waals surface area contributed by atoms with Crippen LogP contribution in [0.4, 0.5) is 0 Å². The van der Waals surface area contributed by atoms with Crippen LogP contribution in [0, 0.1) is 0 Å². The molecule has 0 aliphatic heterocycles. The zero-order valence-corrected chi connectivity index (χ0v) is 61.1. The molecular formula is C73H140O17P2. The summed E-state index contributed by atoms with van der Waals surface area (Å²) in [5.41, 5.74) is 0. The molecule has 0 aliphatic rings. The number of hydrogen-bond acceptors (Lipinski definition) is 15. The molecule has 0 saturated carbocycles. The highest BCUT2D eigenvalue weighted by Crippen LogP contribution is 2.45. The molecule has 0 aromatic rings. The molecule has 0 radical (unpaired) electrons. The van der Waals surface area contributed by atoms with Gasteiger partial charge in [0.1, 0.15) is 19.3 Å². The Hall–Kier alpha value is -2.20. The molecule has 0 fully saturated rings. The smallest absolute Gasteiger partial charge is 0.462 e. The second-order valence-electron chi connectivity index (χ2n) is 26.0. The van der Waals surface area contributed by atoms with Crippen molar-refractivity contribution in [1.82, 2.24) is 0 Å². The van der Waals surface area contributed by atoms with Gasteiger partial charge >= 0.3 is 39.5 Å². The average Bonchev–Trinajstić information content (AvgIpc) is 2.25. The van der Waals surface area contributed by atoms with Crippen LogP contribution in [0.15, 0.2) is 12.2 Å². The van der Waals surface area contributed by atoms with Gasteiger partial charge in [-0.05, 0) is 51.4 Å². The second kappa shape index (κ2) is 67.4. The fourth-order valence-electron chi connectivity index (χ4n) is 10.9. The van der Waals surface area contributed by atoms with E-state index in [-0.39, 0.29) is 25.7 Å². The van der Waals surface area contributed by atoms with Gasteiger partial charge in [-0.1, -0.05) is 310 Å². The van der Waals surface area contributed by atoms with Gasteiger partial charge in [0, 0.05) is 25.7 Å². The zero-order valence-electron chi connectivity index (χ0n) is 59.3. The first kappa shape index (κ1) is 89.8. The van der Waals surface area contributed by atoms with Crippen molar-refractivity contribution in [2.45, 2.75) is 393 Å². The molecule has 0 aromatic heterocycles. The fraction of sp³-hybridized carbons (Fsp3) is 0.918. The lowest BCUT2D eigenvalue weighted by atomic mass is 10.0. The summed E-state index contributed by atoms with van der Waals surface area (Å²) < 4.78 is 68.4. The van der Waals surface area contributed by atoms with Crippen LogP contribution in [-0.4, -0.2) is 96.7 Å². The Morgan fingerprint density at radius 1 is 0.293 bits per heavy atom. The molecule has 0 aliphatic carbocycles. The Morgan fingerprint density at radius 2 is 0.500 bits per heavy atom. The minimum atomic E-state index is -4.95. The van der Waals surface area contributed by atoms with Gasteiger partial charge in [-0.15, -0.1) is 0 Å². The highest BCUT2D eigenvalue weighted by atomic mass is 31.2. The van der Waals surface area contributed by atoms with Gasteiger partial charge in [0.05, 0.1) is 26.4 Å². The number of aliphatic hydroxyl groups is 1. The van der Waals surface area contributed by atoms with E-state index in [9.17, 15) is 43.2 Å². The van der Waals surface area contributed by atoms with Gasteiger partial charge < -0.3 is 33.8 Å². The van der Waals surface area contributed by atoms with Crippen molar-refractivity contribution in [1.29, 1.82) is 0 Å². The molecule has 19 heteroatoms. The van der Waals surface area contributed by atoms with E-state index >= 15 is 0 Å². The quantitative estimate of drug-likeness (QED) is 0.0169. The average molecular weight is 1350 g/mol. The summed E-state index contributed by atoms with van der Waals surface area (Å²) in [4.78, 5) is 72.7. The summed E-state index contributed by atoms with van der Waals surface area (Å²) in [5, 5.41) is 10.6. The number of aliphatic hydroxyl groups excluding tert-OH is 1. The third-order valence-corrected chi connectivity index (χ3v) is 18.7. The number of phosphoric ester groups is 2. The summed E-state index contributed by atoms with van der Waals surface area (Å²) in [7, 11) is -9.91. The molecule has 0 aromatic carbocycles. The lowest BCUT2D eigenvalue weighted by Crippen LogP contribution is -2.30. The molecule has 92 heavy (non-hydrogen) atoms. The zero-order chi connectivity index (χ0) is 67.5. The SMILES string of the molecule is CCCCCC/C=C\CCCCCCCC(=O)OCC(COP(=O)(O)OCC(O)COP(=O)(O)OCC(COC(=O)CCCCCCCCCCCCCCCCC)OC(=O)CCCCCCCCCCCCCCC)OC(=O)CCCCCCCCCCCCC. The molecule has 0 rings (SSSR count). The molecule has 5 atom stereocenters. The first-order valence-corrected chi connectivity index (χ1v) is 40.9. The molecule has 0 bridgehead atoms. The van der Waals surface area contributed by atoms with E-state index in [0.717, 1.165) is 109 Å². The van der Waals surface area contributed by atoms with Gasteiger partial charge in [-0.25, -0.2) is 9.13 Å². The Bertz CT molecular complexity index is 1800. The van der Waals surface area contributed by atoms with E-state index in [1.165, 1.54) is 186 Å². The fourth-order valence-corrected chi connectivity index (χ4v) is 12.5. The number of hydrogen-bond donors (Lipinski definition) is 3. The normalized spacial score (nSPS) is 14.0. The first-order valence-electron chi connectivity index (χ1n) is 37.9. The maximum Gasteiger partial charge on any atom is 0.472 e. The number of unbranched alkanes of at least 4 members (excludes halogenated alkanes) is 45. The van der Waals surface area contributed by atoms with Gasteiger partial charge in [0.2, 0.25) is 0 Å². The van der Waals surface area contributed by atoms with Crippen molar-refractivity contribution in [2.24, 2.45) is 0 Å². The third-order valence-electron chi connectivity index (χ3n) is 16.8. The molecule has 544 valence electrons. The number of carbonyl (C=O) groups is 4.